The van der Waals surface area contributed by atoms with Crippen LogP contribution in [0.5, 0.6) is 0 Å². The molecule has 0 saturated carbocycles. The van der Waals surface area contributed by atoms with E-state index < -0.39 is 5.97 Å². The number of aryl methyl sites for hydroxylation is 1. The Balaban J connectivity index is 2.56. The van der Waals surface area contributed by atoms with E-state index in [4.69, 9.17) is 9.84 Å². The van der Waals surface area contributed by atoms with Crippen LogP contribution in [0.1, 0.15) is 19.4 Å². The quantitative estimate of drug-likeness (QED) is 0.734. The van der Waals surface area contributed by atoms with Crippen LogP contribution in [0.4, 0.5) is 5.69 Å². The van der Waals surface area contributed by atoms with E-state index in [0.717, 1.165) is 11.3 Å². The maximum absolute atomic E-state index is 10.9. The van der Waals surface area contributed by atoms with Gasteiger partial charge in [-0.3, -0.25) is 4.79 Å². The molecule has 4 nitrogen and oxygen atoms in total. The van der Waals surface area contributed by atoms with Gasteiger partial charge in [0.15, 0.2) is 0 Å². The van der Waals surface area contributed by atoms with Crippen molar-refractivity contribution in [2.24, 2.45) is 5.92 Å². The maximum Gasteiger partial charge on any atom is 0.323 e. The number of hydrogen-bond acceptors (Lipinski definition) is 3. The highest BCUT2D eigenvalue weighted by Gasteiger charge is 2.10. The van der Waals surface area contributed by atoms with Gasteiger partial charge < -0.3 is 14.7 Å². The molecule has 0 atom stereocenters. The van der Waals surface area contributed by atoms with Crippen LogP contribution in [0, 0.1) is 12.8 Å². The lowest BCUT2D eigenvalue weighted by Gasteiger charge is -2.23. The highest BCUT2D eigenvalue weighted by Crippen LogP contribution is 2.14. The van der Waals surface area contributed by atoms with Gasteiger partial charge in [-0.15, -0.1) is 0 Å². The molecule has 0 bridgehead atoms. The smallest absolute Gasteiger partial charge is 0.323 e. The Labute approximate surface area is 115 Å². The molecule has 0 aromatic heterocycles. The van der Waals surface area contributed by atoms with Crippen molar-refractivity contribution in [2.75, 3.05) is 31.2 Å². The third kappa shape index (κ3) is 6.25. The lowest BCUT2D eigenvalue weighted by Crippen LogP contribution is -2.33. The fourth-order valence-corrected chi connectivity index (χ4v) is 1.71. The molecule has 0 aliphatic carbocycles. The molecule has 1 aromatic rings. The van der Waals surface area contributed by atoms with Gasteiger partial charge in [-0.25, -0.2) is 0 Å². The summed E-state index contributed by atoms with van der Waals surface area (Å²) in [6.07, 6.45) is 0. The average molecular weight is 265 g/mol. The summed E-state index contributed by atoms with van der Waals surface area (Å²) in [5.41, 5.74) is 2.08. The number of carbonyl (C=O) groups is 1. The lowest BCUT2D eigenvalue weighted by atomic mass is 10.2. The van der Waals surface area contributed by atoms with Crippen LogP contribution in [0.2, 0.25) is 0 Å². The Morgan fingerprint density at radius 2 is 1.95 bits per heavy atom. The molecule has 19 heavy (non-hydrogen) atoms. The van der Waals surface area contributed by atoms with Gasteiger partial charge in [0, 0.05) is 18.8 Å². The van der Waals surface area contributed by atoms with E-state index in [0.29, 0.717) is 25.7 Å². The molecule has 0 aliphatic rings. The van der Waals surface area contributed by atoms with E-state index in [9.17, 15) is 4.79 Å². The number of carboxylic acids is 1. The number of hydrogen-bond donors (Lipinski definition) is 1. The van der Waals surface area contributed by atoms with Gasteiger partial charge >= 0.3 is 5.97 Å². The second-order valence-corrected chi connectivity index (χ2v) is 5.12. The summed E-state index contributed by atoms with van der Waals surface area (Å²) < 4.78 is 5.52. The minimum Gasteiger partial charge on any atom is -0.480 e. The van der Waals surface area contributed by atoms with E-state index in [1.807, 2.05) is 36.1 Å². The molecule has 0 aliphatic heterocycles. The fourth-order valence-electron chi connectivity index (χ4n) is 1.71. The molecule has 0 unspecified atom stereocenters. The van der Waals surface area contributed by atoms with Gasteiger partial charge in [-0.1, -0.05) is 31.5 Å². The van der Waals surface area contributed by atoms with Crippen LogP contribution in [-0.2, 0) is 9.53 Å². The molecule has 1 N–H and O–H groups in total. The minimum absolute atomic E-state index is 0.00585. The number of carboxylic acid groups (broad SMARTS) is 1. The first-order valence-corrected chi connectivity index (χ1v) is 6.60. The first-order chi connectivity index (χ1) is 8.99. The second-order valence-electron chi connectivity index (χ2n) is 5.12. The van der Waals surface area contributed by atoms with Gasteiger partial charge in [0.1, 0.15) is 6.54 Å². The van der Waals surface area contributed by atoms with Crippen LogP contribution >= 0.6 is 0 Å². The summed E-state index contributed by atoms with van der Waals surface area (Å²) in [5, 5.41) is 8.96. The Morgan fingerprint density at radius 1 is 1.32 bits per heavy atom. The molecular weight excluding hydrogens is 242 g/mol. The Hall–Kier alpha value is -1.55. The van der Waals surface area contributed by atoms with Crippen molar-refractivity contribution in [2.45, 2.75) is 20.8 Å². The molecule has 0 spiro atoms. The third-order valence-corrected chi connectivity index (χ3v) is 2.68. The number of aliphatic carboxylic acids is 1. The molecule has 106 valence electrons. The van der Waals surface area contributed by atoms with Crippen LogP contribution in [0.3, 0.4) is 0 Å². The maximum atomic E-state index is 10.9. The van der Waals surface area contributed by atoms with E-state index in [2.05, 4.69) is 13.8 Å². The van der Waals surface area contributed by atoms with E-state index >= 15 is 0 Å². The van der Waals surface area contributed by atoms with E-state index in [1.54, 1.807) is 0 Å². The molecule has 1 rings (SSSR count). The molecule has 1 aromatic carbocycles. The zero-order chi connectivity index (χ0) is 14.3. The van der Waals surface area contributed by atoms with E-state index in [1.165, 1.54) is 0 Å². The third-order valence-electron chi connectivity index (χ3n) is 2.68. The number of rotatable bonds is 8. The highest BCUT2D eigenvalue weighted by atomic mass is 16.5. The van der Waals surface area contributed by atoms with Crippen molar-refractivity contribution in [3.8, 4) is 0 Å². The highest BCUT2D eigenvalue weighted by molar-refractivity contribution is 5.73. The first kappa shape index (κ1) is 15.5. The standard InChI is InChI=1S/C15H23NO3/c1-12(2)11-19-9-8-16(10-15(17)18)14-6-4-13(3)5-7-14/h4-7,12H,8-11H2,1-3H3,(H,17,18). The van der Waals surface area contributed by atoms with Crippen molar-refractivity contribution in [3.05, 3.63) is 29.8 Å². The van der Waals surface area contributed by atoms with Gasteiger partial charge in [0.2, 0.25) is 0 Å². The average Bonchev–Trinajstić information content (AvgIpc) is 2.33. The molecule has 0 radical (unpaired) electrons. The molecule has 0 amide bonds. The fraction of sp³-hybridized carbons (Fsp3) is 0.533. The molecule has 0 saturated heterocycles. The van der Waals surface area contributed by atoms with Crippen molar-refractivity contribution >= 4 is 11.7 Å². The normalized spacial score (nSPS) is 10.7. The summed E-state index contributed by atoms with van der Waals surface area (Å²) >= 11 is 0. The van der Waals surface area contributed by atoms with Gasteiger partial charge in [-0.2, -0.15) is 0 Å². The topological polar surface area (TPSA) is 49.8 Å². The summed E-state index contributed by atoms with van der Waals surface area (Å²) in [7, 11) is 0. The lowest BCUT2D eigenvalue weighted by molar-refractivity contribution is -0.135. The molecule has 0 fully saturated rings. The van der Waals surface area contributed by atoms with Gasteiger partial charge in [-0.05, 0) is 25.0 Å². The van der Waals surface area contributed by atoms with E-state index in [-0.39, 0.29) is 6.54 Å². The Bertz CT molecular complexity index is 387. The summed E-state index contributed by atoms with van der Waals surface area (Å²) in [6, 6.07) is 7.86. The largest absolute Gasteiger partial charge is 0.480 e. The van der Waals surface area contributed by atoms with Crippen LogP contribution in [0.25, 0.3) is 0 Å². The van der Waals surface area contributed by atoms with Crippen molar-refractivity contribution in [3.63, 3.8) is 0 Å². The van der Waals surface area contributed by atoms with Crippen LogP contribution in [-0.4, -0.2) is 37.4 Å². The summed E-state index contributed by atoms with van der Waals surface area (Å²) in [4.78, 5) is 12.7. The molecule has 0 heterocycles. The Morgan fingerprint density at radius 3 is 2.47 bits per heavy atom. The Kier molecular flexibility index (Phi) is 6.36. The predicted molar refractivity (Wildman–Crippen MR) is 76.7 cm³/mol. The monoisotopic (exact) mass is 265 g/mol. The molecular formula is C15H23NO3. The first-order valence-electron chi connectivity index (χ1n) is 6.60. The summed E-state index contributed by atoms with van der Waals surface area (Å²) in [6.45, 7) is 8.02. The van der Waals surface area contributed by atoms with Crippen LogP contribution < -0.4 is 4.90 Å². The van der Waals surface area contributed by atoms with Gasteiger partial charge in [0.05, 0.1) is 6.61 Å². The number of anilines is 1. The van der Waals surface area contributed by atoms with Crippen LogP contribution in [0.15, 0.2) is 24.3 Å². The summed E-state index contributed by atoms with van der Waals surface area (Å²) in [5.74, 6) is -0.336. The zero-order valence-corrected chi connectivity index (χ0v) is 11.9. The zero-order valence-electron chi connectivity index (χ0n) is 11.9. The predicted octanol–water partition coefficient (Wildman–Crippen LogP) is 2.56. The van der Waals surface area contributed by atoms with Crippen molar-refractivity contribution < 1.29 is 14.6 Å². The number of nitrogens with zero attached hydrogens (tertiary/aromatic N) is 1. The van der Waals surface area contributed by atoms with Gasteiger partial charge in [0.25, 0.3) is 0 Å². The molecule has 4 heteroatoms. The second kappa shape index (κ2) is 7.79. The van der Waals surface area contributed by atoms with Crippen molar-refractivity contribution in [1.82, 2.24) is 0 Å². The SMILES string of the molecule is Cc1ccc(N(CCOCC(C)C)CC(=O)O)cc1. The number of benzene rings is 1. The number of ether oxygens (including phenoxy) is 1. The minimum atomic E-state index is -0.829. The van der Waals surface area contributed by atoms with Crippen molar-refractivity contribution in [1.29, 1.82) is 0 Å².